The van der Waals surface area contributed by atoms with E-state index in [2.05, 4.69) is 20.8 Å². The van der Waals surface area contributed by atoms with Crippen LogP contribution in [-0.4, -0.2) is 25.2 Å². The zero-order valence-corrected chi connectivity index (χ0v) is 15.5. The lowest BCUT2D eigenvalue weighted by Gasteiger charge is -2.38. The fourth-order valence-corrected chi connectivity index (χ4v) is 4.54. The molecule has 2 aliphatic rings. The Morgan fingerprint density at radius 1 is 1.16 bits per heavy atom. The van der Waals surface area contributed by atoms with Crippen molar-refractivity contribution in [3.05, 3.63) is 23.8 Å². The first-order valence-corrected chi connectivity index (χ1v) is 8.76. The summed E-state index contributed by atoms with van der Waals surface area (Å²) < 4.78 is 16.2. The lowest BCUT2D eigenvalue weighted by molar-refractivity contribution is -0.132. The standard InChI is InChI=1S/C20H26O5/c1-12(21)24-15-7-6-13(10-16(15)23-5)18(22)25-17-11-14-8-9-20(17,4)19(14,2)3/h6-7,10,14,17H,8-9,11H2,1-5H3/t14-,17?,20+/m1/s1. The molecular formula is C20H26O5. The number of esters is 2. The summed E-state index contributed by atoms with van der Waals surface area (Å²) in [4.78, 5) is 23.8. The Morgan fingerprint density at radius 3 is 2.40 bits per heavy atom. The molecule has 3 rings (SSSR count). The van der Waals surface area contributed by atoms with Crippen LogP contribution >= 0.6 is 0 Å². The SMILES string of the molecule is COc1cc(C(=O)OC2C[C@H]3CC[C@]2(C)C3(C)C)ccc1OC(C)=O. The summed E-state index contributed by atoms with van der Waals surface area (Å²) in [6.07, 6.45) is 3.17. The largest absolute Gasteiger partial charge is 0.493 e. The molecule has 2 bridgehead atoms. The Bertz CT molecular complexity index is 708. The van der Waals surface area contributed by atoms with E-state index in [0.717, 1.165) is 12.8 Å². The van der Waals surface area contributed by atoms with E-state index in [4.69, 9.17) is 14.2 Å². The molecule has 5 nitrogen and oxygen atoms in total. The zero-order valence-electron chi connectivity index (χ0n) is 15.5. The Labute approximate surface area is 148 Å². The van der Waals surface area contributed by atoms with Crippen molar-refractivity contribution in [2.75, 3.05) is 7.11 Å². The summed E-state index contributed by atoms with van der Waals surface area (Å²) in [5, 5.41) is 0. The number of rotatable bonds is 4. The first-order chi connectivity index (χ1) is 11.7. The minimum atomic E-state index is -0.439. The van der Waals surface area contributed by atoms with Crippen molar-refractivity contribution < 1.29 is 23.8 Å². The van der Waals surface area contributed by atoms with E-state index in [-0.39, 0.29) is 22.9 Å². The molecule has 2 saturated carbocycles. The van der Waals surface area contributed by atoms with Gasteiger partial charge in [-0.15, -0.1) is 0 Å². The van der Waals surface area contributed by atoms with E-state index in [1.807, 2.05) is 0 Å². The van der Waals surface area contributed by atoms with Crippen LogP contribution in [-0.2, 0) is 9.53 Å². The maximum Gasteiger partial charge on any atom is 0.338 e. The van der Waals surface area contributed by atoms with Gasteiger partial charge in [-0.05, 0) is 48.8 Å². The first-order valence-electron chi connectivity index (χ1n) is 8.76. The molecule has 136 valence electrons. The summed E-state index contributed by atoms with van der Waals surface area (Å²) >= 11 is 0. The van der Waals surface area contributed by atoms with Gasteiger partial charge in [0.25, 0.3) is 0 Å². The van der Waals surface area contributed by atoms with E-state index in [9.17, 15) is 9.59 Å². The number of carbonyl (C=O) groups is 2. The van der Waals surface area contributed by atoms with Gasteiger partial charge in [0.05, 0.1) is 12.7 Å². The van der Waals surface area contributed by atoms with Gasteiger partial charge in [-0.25, -0.2) is 4.79 Å². The molecule has 0 heterocycles. The smallest absolute Gasteiger partial charge is 0.338 e. The van der Waals surface area contributed by atoms with E-state index in [1.165, 1.54) is 20.5 Å². The third-order valence-electron chi connectivity index (χ3n) is 6.62. The molecule has 0 N–H and O–H groups in total. The van der Waals surface area contributed by atoms with Crippen molar-refractivity contribution in [2.45, 2.75) is 53.1 Å². The Balaban J connectivity index is 1.77. The topological polar surface area (TPSA) is 61.8 Å². The summed E-state index contributed by atoms with van der Waals surface area (Å²) in [6.45, 7) is 8.13. The second-order valence-electron chi connectivity index (χ2n) is 7.96. The van der Waals surface area contributed by atoms with Crippen LogP contribution in [0.15, 0.2) is 18.2 Å². The van der Waals surface area contributed by atoms with Gasteiger partial charge >= 0.3 is 11.9 Å². The molecule has 2 aliphatic carbocycles. The maximum absolute atomic E-state index is 12.6. The zero-order chi connectivity index (χ0) is 18.4. The van der Waals surface area contributed by atoms with E-state index < -0.39 is 5.97 Å². The minimum Gasteiger partial charge on any atom is -0.493 e. The average Bonchev–Trinajstić information content (AvgIpc) is 2.88. The quantitative estimate of drug-likeness (QED) is 0.609. The van der Waals surface area contributed by atoms with Crippen LogP contribution < -0.4 is 9.47 Å². The van der Waals surface area contributed by atoms with Crippen LogP contribution in [0.4, 0.5) is 0 Å². The van der Waals surface area contributed by atoms with Gasteiger partial charge in [-0.2, -0.15) is 0 Å². The molecule has 5 heteroatoms. The molecule has 1 unspecified atom stereocenters. The molecule has 0 amide bonds. The third kappa shape index (κ3) is 2.79. The molecule has 0 saturated heterocycles. The van der Waals surface area contributed by atoms with Gasteiger partial charge in [0.1, 0.15) is 6.10 Å². The summed E-state index contributed by atoms with van der Waals surface area (Å²) in [7, 11) is 1.47. The Hall–Kier alpha value is -2.04. The highest BCUT2D eigenvalue weighted by Crippen LogP contribution is 2.66. The Kier molecular flexibility index (Phi) is 4.30. The summed E-state index contributed by atoms with van der Waals surface area (Å²) in [5.41, 5.74) is 0.612. The van der Waals surface area contributed by atoms with Crippen LogP contribution in [0.5, 0.6) is 11.5 Å². The second-order valence-corrected chi connectivity index (χ2v) is 7.96. The van der Waals surface area contributed by atoms with Gasteiger partial charge in [-0.1, -0.05) is 20.8 Å². The van der Waals surface area contributed by atoms with Crippen molar-refractivity contribution in [3.63, 3.8) is 0 Å². The molecular weight excluding hydrogens is 320 g/mol. The van der Waals surface area contributed by atoms with E-state index in [1.54, 1.807) is 18.2 Å². The van der Waals surface area contributed by atoms with E-state index in [0.29, 0.717) is 23.0 Å². The lowest BCUT2D eigenvalue weighted by Crippen LogP contribution is -2.38. The molecule has 1 aromatic carbocycles. The number of benzene rings is 1. The van der Waals surface area contributed by atoms with Crippen molar-refractivity contribution >= 4 is 11.9 Å². The summed E-state index contributed by atoms with van der Waals surface area (Å²) in [6, 6.07) is 4.72. The average molecular weight is 346 g/mol. The fraction of sp³-hybridized carbons (Fsp3) is 0.600. The highest BCUT2D eigenvalue weighted by atomic mass is 16.6. The van der Waals surface area contributed by atoms with Gasteiger partial charge < -0.3 is 14.2 Å². The van der Waals surface area contributed by atoms with Crippen LogP contribution in [0, 0.1) is 16.7 Å². The van der Waals surface area contributed by atoms with Crippen LogP contribution in [0.3, 0.4) is 0 Å². The van der Waals surface area contributed by atoms with Crippen molar-refractivity contribution in [1.29, 1.82) is 0 Å². The second kappa shape index (κ2) is 6.04. The summed E-state index contributed by atoms with van der Waals surface area (Å²) in [5.74, 6) is 0.438. The molecule has 2 fully saturated rings. The van der Waals surface area contributed by atoms with E-state index >= 15 is 0 Å². The van der Waals surface area contributed by atoms with Crippen molar-refractivity contribution in [3.8, 4) is 11.5 Å². The molecule has 3 atom stereocenters. The minimum absolute atomic E-state index is 0.0229. The van der Waals surface area contributed by atoms with Crippen LogP contribution in [0.2, 0.25) is 0 Å². The molecule has 0 aromatic heterocycles. The third-order valence-corrected chi connectivity index (χ3v) is 6.62. The number of hydrogen-bond acceptors (Lipinski definition) is 5. The van der Waals surface area contributed by atoms with Crippen molar-refractivity contribution in [2.24, 2.45) is 16.7 Å². The fourth-order valence-electron chi connectivity index (χ4n) is 4.54. The molecule has 0 radical (unpaired) electrons. The number of ether oxygens (including phenoxy) is 3. The number of fused-ring (bicyclic) bond motifs is 2. The predicted molar refractivity (Wildman–Crippen MR) is 92.7 cm³/mol. The molecule has 1 aromatic rings. The number of carbonyl (C=O) groups excluding carboxylic acids is 2. The normalized spacial score (nSPS) is 29.3. The highest BCUT2D eigenvalue weighted by molar-refractivity contribution is 5.90. The van der Waals surface area contributed by atoms with Gasteiger partial charge in [0.2, 0.25) is 0 Å². The monoisotopic (exact) mass is 346 g/mol. The van der Waals surface area contributed by atoms with Gasteiger partial charge in [-0.3, -0.25) is 4.79 Å². The number of hydrogen-bond donors (Lipinski definition) is 0. The van der Waals surface area contributed by atoms with Gasteiger partial charge in [0.15, 0.2) is 11.5 Å². The Morgan fingerprint density at radius 2 is 1.88 bits per heavy atom. The van der Waals surface area contributed by atoms with Crippen LogP contribution in [0.25, 0.3) is 0 Å². The van der Waals surface area contributed by atoms with Crippen molar-refractivity contribution in [1.82, 2.24) is 0 Å². The predicted octanol–water partition coefficient (Wildman–Crippen LogP) is 3.99. The maximum atomic E-state index is 12.6. The molecule has 0 spiro atoms. The highest BCUT2D eigenvalue weighted by Gasteiger charge is 2.62. The first kappa shape index (κ1) is 17.8. The van der Waals surface area contributed by atoms with Crippen LogP contribution in [0.1, 0.15) is 57.3 Å². The number of methoxy groups -OCH3 is 1. The molecule has 25 heavy (non-hydrogen) atoms. The van der Waals surface area contributed by atoms with Gasteiger partial charge in [0, 0.05) is 12.3 Å². The lowest BCUT2D eigenvalue weighted by atomic mass is 9.70. The molecule has 0 aliphatic heterocycles.